The molecule has 0 aromatic heterocycles. The molecule has 2 aromatic rings. The quantitative estimate of drug-likeness (QED) is 0.518. The number of amides is 2. The van der Waals surface area contributed by atoms with Gasteiger partial charge in [0, 0.05) is 43.0 Å². The van der Waals surface area contributed by atoms with E-state index in [2.05, 4.69) is 4.90 Å². The highest BCUT2D eigenvalue weighted by molar-refractivity contribution is 7.91. The minimum atomic E-state index is -2.91. The van der Waals surface area contributed by atoms with Crippen molar-refractivity contribution in [3.63, 3.8) is 0 Å². The molecule has 3 aliphatic rings. The number of carbonyl (C=O) groups excluding carboxylic acids is 2. The maximum absolute atomic E-state index is 13.7. The number of piperidine rings is 1. The SMILES string of the molecule is CN(C(=O)Oc1ccc(F)cc1)[C@@H]1CN(C(=O)C2CCN(C3CCS(=O)(=O)CC3)CC2)C[C@H]1c1ccc(Cl)cc1. The predicted octanol–water partition coefficient (Wildman–Crippen LogP) is 4.19. The molecule has 2 atom stereocenters. The summed E-state index contributed by atoms with van der Waals surface area (Å²) in [5, 5.41) is 0.609. The third-order valence-electron chi connectivity index (χ3n) is 8.62. The van der Waals surface area contributed by atoms with Crippen LogP contribution < -0.4 is 4.74 Å². The van der Waals surface area contributed by atoms with E-state index in [-0.39, 0.29) is 47.1 Å². The molecular weight excluding hydrogens is 557 g/mol. The first-order chi connectivity index (χ1) is 19.1. The second-order valence-corrected chi connectivity index (χ2v) is 13.8. The van der Waals surface area contributed by atoms with Crippen molar-refractivity contribution >= 4 is 33.4 Å². The molecule has 0 N–H and O–H groups in total. The predicted molar refractivity (Wildman–Crippen MR) is 151 cm³/mol. The van der Waals surface area contributed by atoms with Gasteiger partial charge in [-0.25, -0.2) is 17.6 Å². The van der Waals surface area contributed by atoms with Crippen molar-refractivity contribution in [2.75, 3.05) is 44.7 Å². The minimum Gasteiger partial charge on any atom is -0.410 e. The normalized spacial score (nSPS) is 24.1. The zero-order valence-corrected chi connectivity index (χ0v) is 24.1. The van der Waals surface area contributed by atoms with Gasteiger partial charge in [0.05, 0.1) is 17.5 Å². The molecule has 11 heteroatoms. The third-order valence-corrected chi connectivity index (χ3v) is 10.6. The number of likely N-dealkylation sites (N-methyl/N-ethyl adjacent to an activating group) is 1. The molecule has 0 saturated carbocycles. The van der Waals surface area contributed by atoms with Gasteiger partial charge in [-0.2, -0.15) is 0 Å². The van der Waals surface area contributed by atoms with Gasteiger partial charge in [-0.3, -0.25) is 4.79 Å². The summed E-state index contributed by atoms with van der Waals surface area (Å²) < 4.78 is 42.4. The Morgan fingerprint density at radius 1 is 0.950 bits per heavy atom. The number of hydrogen-bond donors (Lipinski definition) is 0. The van der Waals surface area contributed by atoms with Crippen LogP contribution in [0.2, 0.25) is 5.02 Å². The topological polar surface area (TPSA) is 87.2 Å². The number of halogens is 2. The van der Waals surface area contributed by atoms with E-state index in [0.717, 1.165) is 31.5 Å². The van der Waals surface area contributed by atoms with Gasteiger partial charge in [0.2, 0.25) is 5.91 Å². The van der Waals surface area contributed by atoms with Gasteiger partial charge in [-0.1, -0.05) is 23.7 Å². The lowest BCUT2D eigenvalue weighted by Crippen LogP contribution is -2.48. The van der Waals surface area contributed by atoms with Crippen LogP contribution in [0, 0.1) is 11.7 Å². The summed E-state index contributed by atoms with van der Waals surface area (Å²) in [7, 11) is -1.24. The van der Waals surface area contributed by atoms with Gasteiger partial charge < -0.3 is 19.4 Å². The zero-order chi connectivity index (χ0) is 28.4. The molecule has 3 heterocycles. The first kappa shape index (κ1) is 28.8. The van der Waals surface area contributed by atoms with Crippen LogP contribution in [0.5, 0.6) is 5.75 Å². The summed E-state index contributed by atoms with van der Waals surface area (Å²) >= 11 is 6.12. The van der Waals surface area contributed by atoms with Gasteiger partial charge >= 0.3 is 6.09 Å². The standard InChI is InChI=1S/C29H35ClFN3O5S/c1-32(29(36)39-25-8-6-23(31)7-9-25)27-19-34(18-26(27)20-2-4-22(30)5-3-20)28(35)21-10-14-33(15-11-21)24-12-16-40(37,38)17-13-24/h2-9,21,24,26-27H,10-19H2,1H3/t26-,27+/m0/s1. The fraction of sp³-hybridized carbons (Fsp3) is 0.517. The van der Waals surface area contributed by atoms with E-state index < -0.39 is 21.7 Å². The molecule has 0 spiro atoms. The average molecular weight is 592 g/mol. The number of carbonyl (C=O) groups is 2. The Labute approximate surface area is 239 Å². The molecule has 3 fully saturated rings. The number of ether oxygens (including phenoxy) is 1. The van der Waals surface area contributed by atoms with Crippen LogP contribution in [-0.4, -0.2) is 91.9 Å². The molecule has 216 valence electrons. The molecule has 2 amide bonds. The summed E-state index contributed by atoms with van der Waals surface area (Å²) in [6.45, 7) is 2.41. The van der Waals surface area contributed by atoms with Crippen molar-refractivity contribution in [2.24, 2.45) is 5.92 Å². The maximum Gasteiger partial charge on any atom is 0.415 e. The van der Waals surface area contributed by atoms with Crippen molar-refractivity contribution in [1.29, 1.82) is 0 Å². The lowest BCUT2D eigenvalue weighted by atomic mass is 9.93. The van der Waals surface area contributed by atoms with Crippen LogP contribution in [0.15, 0.2) is 48.5 Å². The van der Waals surface area contributed by atoms with E-state index in [0.29, 0.717) is 31.0 Å². The van der Waals surface area contributed by atoms with Crippen molar-refractivity contribution in [1.82, 2.24) is 14.7 Å². The first-order valence-corrected chi connectivity index (χ1v) is 16.0. The fourth-order valence-electron chi connectivity index (χ4n) is 6.22. The molecule has 3 saturated heterocycles. The molecule has 2 aromatic carbocycles. The van der Waals surface area contributed by atoms with E-state index in [9.17, 15) is 22.4 Å². The third kappa shape index (κ3) is 6.61. The summed E-state index contributed by atoms with van der Waals surface area (Å²) in [4.78, 5) is 32.5. The number of rotatable bonds is 5. The molecule has 0 radical (unpaired) electrons. The van der Waals surface area contributed by atoms with Gasteiger partial charge in [-0.05, 0) is 80.7 Å². The van der Waals surface area contributed by atoms with Crippen LogP contribution in [-0.2, 0) is 14.6 Å². The molecule has 0 unspecified atom stereocenters. The highest BCUT2D eigenvalue weighted by Crippen LogP contribution is 2.34. The van der Waals surface area contributed by atoms with E-state index in [1.807, 2.05) is 29.2 Å². The molecule has 8 nitrogen and oxygen atoms in total. The van der Waals surface area contributed by atoms with Crippen molar-refractivity contribution in [3.05, 3.63) is 64.9 Å². The van der Waals surface area contributed by atoms with Crippen LogP contribution >= 0.6 is 11.6 Å². The van der Waals surface area contributed by atoms with E-state index in [1.54, 1.807) is 7.05 Å². The van der Waals surface area contributed by atoms with E-state index >= 15 is 0 Å². The van der Waals surface area contributed by atoms with Crippen LogP contribution in [0.4, 0.5) is 9.18 Å². The number of sulfone groups is 1. The van der Waals surface area contributed by atoms with Gasteiger partial charge in [0.25, 0.3) is 0 Å². The first-order valence-electron chi connectivity index (χ1n) is 13.8. The second kappa shape index (κ2) is 12.0. The average Bonchev–Trinajstić information content (AvgIpc) is 3.39. The molecule has 40 heavy (non-hydrogen) atoms. The van der Waals surface area contributed by atoms with Crippen molar-refractivity contribution in [2.45, 2.75) is 43.7 Å². The lowest BCUT2D eigenvalue weighted by Gasteiger charge is -2.39. The Bertz CT molecular complexity index is 1300. The Morgan fingerprint density at radius 2 is 1.57 bits per heavy atom. The van der Waals surface area contributed by atoms with Crippen molar-refractivity contribution in [3.8, 4) is 5.75 Å². The molecule has 5 rings (SSSR count). The van der Waals surface area contributed by atoms with Gasteiger partial charge in [0.1, 0.15) is 21.4 Å². The smallest absolute Gasteiger partial charge is 0.410 e. The van der Waals surface area contributed by atoms with Crippen LogP contribution in [0.1, 0.15) is 37.2 Å². The zero-order valence-electron chi connectivity index (χ0n) is 22.5. The molecular formula is C29H35ClFN3O5S. The summed E-state index contributed by atoms with van der Waals surface area (Å²) in [6.07, 6.45) is 2.22. The van der Waals surface area contributed by atoms with Crippen LogP contribution in [0.25, 0.3) is 0 Å². The maximum atomic E-state index is 13.7. The fourth-order valence-corrected chi connectivity index (χ4v) is 7.81. The van der Waals surface area contributed by atoms with Gasteiger partial charge in [0.15, 0.2) is 0 Å². The highest BCUT2D eigenvalue weighted by atomic mass is 35.5. The molecule has 3 aliphatic heterocycles. The molecule has 0 bridgehead atoms. The van der Waals surface area contributed by atoms with E-state index in [4.69, 9.17) is 16.3 Å². The number of benzene rings is 2. The van der Waals surface area contributed by atoms with Crippen LogP contribution in [0.3, 0.4) is 0 Å². The number of nitrogens with zero attached hydrogens (tertiary/aromatic N) is 3. The summed E-state index contributed by atoms with van der Waals surface area (Å²) in [5.74, 6) is 0.172. The summed E-state index contributed by atoms with van der Waals surface area (Å²) in [5.41, 5.74) is 0.980. The largest absolute Gasteiger partial charge is 0.415 e. The second-order valence-electron chi connectivity index (χ2n) is 11.1. The monoisotopic (exact) mass is 591 g/mol. The summed E-state index contributed by atoms with van der Waals surface area (Å²) in [6, 6.07) is 12.7. The molecule has 0 aliphatic carbocycles. The Hall–Kier alpha value is -2.69. The van der Waals surface area contributed by atoms with Gasteiger partial charge in [-0.15, -0.1) is 0 Å². The minimum absolute atomic E-state index is 0.0904. The Balaban J connectivity index is 1.25. The Kier molecular flexibility index (Phi) is 8.68. The number of likely N-dealkylation sites (tertiary alicyclic amines) is 2. The highest BCUT2D eigenvalue weighted by Gasteiger charge is 2.43. The number of hydrogen-bond acceptors (Lipinski definition) is 6. The van der Waals surface area contributed by atoms with E-state index in [1.165, 1.54) is 29.2 Å². The van der Waals surface area contributed by atoms with Crippen molar-refractivity contribution < 1.29 is 27.1 Å². The lowest BCUT2D eigenvalue weighted by molar-refractivity contribution is -0.136. The Morgan fingerprint density at radius 3 is 2.20 bits per heavy atom.